The molecule has 0 aliphatic rings. The summed E-state index contributed by atoms with van der Waals surface area (Å²) in [6.45, 7) is 1.72. The molecule has 0 unspecified atom stereocenters. The van der Waals surface area contributed by atoms with Gasteiger partial charge in [0, 0.05) is 5.69 Å². The maximum Gasteiger partial charge on any atom is 0.276 e. The van der Waals surface area contributed by atoms with E-state index >= 15 is 0 Å². The molecule has 1 N–H and O–H groups in total. The lowest BCUT2D eigenvalue weighted by Crippen LogP contribution is -2.16. The molecule has 0 saturated carbocycles. The lowest BCUT2D eigenvalue weighted by atomic mass is 10.2. The average molecular weight is 281 g/mol. The second-order valence-electron chi connectivity index (χ2n) is 4.61. The van der Waals surface area contributed by atoms with Crippen LogP contribution in [0.15, 0.2) is 48.5 Å². The number of amides is 1. The Morgan fingerprint density at radius 2 is 1.76 bits per heavy atom. The number of hydrogen-bond acceptors (Lipinski definition) is 3. The van der Waals surface area contributed by atoms with E-state index in [4.69, 9.17) is 0 Å². The lowest BCUT2D eigenvalue weighted by Gasteiger charge is -2.08. The summed E-state index contributed by atoms with van der Waals surface area (Å²) < 4.78 is 13.1. The standard InChI is InChI=1S/C16H12FN3O/c1-10-15(20-14-8-3-2-7-13(14)18-10)16(21)19-12-6-4-5-11(17)9-12/h2-9H,1H3,(H,19,21). The van der Waals surface area contributed by atoms with E-state index in [1.807, 2.05) is 18.2 Å². The molecule has 5 heteroatoms. The Morgan fingerprint density at radius 3 is 2.48 bits per heavy atom. The summed E-state index contributed by atoms with van der Waals surface area (Å²) in [5, 5.41) is 2.62. The number of halogens is 1. The minimum Gasteiger partial charge on any atom is -0.320 e. The van der Waals surface area contributed by atoms with Gasteiger partial charge in [-0.15, -0.1) is 0 Å². The second kappa shape index (κ2) is 5.28. The summed E-state index contributed by atoms with van der Waals surface area (Å²) in [5.74, 6) is -0.814. The molecule has 3 aromatic rings. The molecule has 0 spiro atoms. The third-order valence-corrected chi connectivity index (χ3v) is 3.04. The van der Waals surface area contributed by atoms with Crippen LogP contribution < -0.4 is 5.32 Å². The number of nitrogens with zero attached hydrogens (tertiary/aromatic N) is 2. The summed E-state index contributed by atoms with van der Waals surface area (Å²) in [4.78, 5) is 20.9. The molecular weight excluding hydrogens is 269 g/mol. The first kappa shape index (κ1) is 13.2. The summed E-state index contributed by atoms with van der Waals surface area (Å²) in [6, 6.07) is 13.0. The van der Waals surface area contributed by atoms with Crippen molar-refractivity contribution in [2.75, 3.05) is 5.32 Å². The number of para-hydroxylation sites is 2. The number of benzene rings is 2. The molecule has 2 aromatic carbocycles. The third-order valence-electron chi connectivity index (χ3n) is 3.04. The van der Waals surface area contributed by atoms with E-state index in [2.05, 4.69) is 15.3 Å². The van der Waals surface area contributed by atoms with E-state index < -0.39 is 11.7 Å². The number of anilines is 1. The largest absolute Gasteiger partial charge is 0.320 e. The molecule has 1 aromatic heterocycles. The fraction of sp³-hybridized carbons (Fsp3) is 0.0625. The van der Waals surface area contributed by atoms with Gasteiger partial charge in [0.05, 0.1) is 16.7 Å². The van der Waals surface area contributed by atoms with Gasteiger partial charge in [-0.2, -0.15) is 0 Å². The first-order valence-electron chi connectivity index (χ1n) is 6.44. The zero-order valence-electron chi connectivity index (χ0n) is 11.3. The van der Waals surface area contributed by atoms with Crippen molar-refractivity contribution in [2.24, 2.45) is 0 Å². The normalized spacial score (nSPS) is 10.6. The first-order valence-corrected chi connectivity index (χ1v) is 6.44. The van der Waals surface area contributed by atoms with Crippen LogP contribution in [-0.4, -0.2) is 15.9 Å². The minimum atomic E-state index is -0.408. The van der Waals surface area contributed by atoms with Crippen LogP contribution in [0.1, 0.15) is 16.2 Å². The summed E-state index contributed by atoms with van der Waals surface area (Å²) in [5.41, 5.74) is 2.53. The Hall–Kier alpha value is -2.82. The number of aromatic nitrogens is 2. The molecule has 104 valence electrons. The molecule has 0 fully saturated rings. The quantitative estimate of drug-likeness (QED) is 0.784. The van der Waals surface area contributed by atoms with Crippen LogP contribution in [0.25, 0.3) is 11.0 Å². The molecule has 0 atom stereocenters. The Balaban J connectivity index is 1.96. The van der Waals surface area contributed by atoms with Crippen molar-refractivity contribution in [2.45, 2.75) is 6.92 Å². The molecule has 1 heterocycles. The smallest absolute Gasteiger partial charge is 0.276 e. The van der Waals surface area contributed by atoms with Crippen LogP contribution in [-0.2, 0) is 0 Å². The van der Waals surface area contributed by atoms with Gasteiger partial charge in [-0.25, -0.2) is 14.4 Å². The van der Waals surface area contributed by atoms with Gasteiger partial charge in [-0.05, 0) is 37.3 Å². The van der Waals surface area contributed by atoms with Gasteiger partial charge in [0.2, 0.25) is 0 Å². The molecule has 0 saturated heterocycles. The fourth-order valence-corrected chi connectivity index (χ4v) is 2.06. The van der Waals surface area contributed by atoms with Crippen LogP contribution in [0.5, 0.6) is 0 Å². The van der Waals surface area contributed by atoms with Crippen LogP contribution in [0.3, 0.4) is 0 Å². The number of carbonyl (C=O) groups excluding carboxylic acids is 1. The molecule has 3 rings (SSSR count). The van der Waals surface area contributed by atoms with Crippen LogP contribution in [0, 0.1) is 12.7 Å². The van der Waals surface area contributed by atoms with Crippen LogP contribution >= 0.6 is 0 Å². The topological polar surface area (TPSA) is 54.9 Å². The first-order chi connectivity index (χ1) is 10.1. The monoisotopic (exact) mass is 281 g/mol. The summed E-state index contributed by atoms with van der Waals surface area (Å²) in [6.07, 6.45) is 0. The van der Waals surface area contributed by atoms with Gasteiger partial charge in [-0.1, -0.05) is 18.2 Å². The molecule has 0 aliphatic heterocycles. The number of fused-ring (bicyclic) bond motifs is 1. The second-order valence-corrected chi connectivity index (χ2v) is 4.61. The number of nitrogens with one attached hydrogen (secondary N) is 1. The van der Waals surface area contributed by atoms with Crippen LogP contribution in [0.2, 0.25) is 0 Å². The zero-order valence-corrected chi connectivity index (χ0v) is 11.3. The van der Waals surface area contributed by atoms with E-state index in [0.717, 1.165) is 5.52 Å². The molecule has 1 amide bonds. The number of rotatable bonds is 2. The van der Waals surface area contributed by atoms with Crippen LogP contribution in [0.4, 0.5) is 10.1 Å². The average Bonchev–Trinajstić information content (AvgIpc) is 2.46. The van der Waals surface area contributed by atoms with Crippen molar-refractivity contribution >= 4 is 22.6 Å². The summed E-state index contributed by atoms with van der Waals surface area (Å²) in [7, 11) is 0. The fourth-order valence-electron chi connectivity index (χ4n) is 2.06. The number of aryl methyl sites for hydroxylation is 1. The molecule has 0 radical (unpaired) electrons. The van der Waals surface area contributed by atoms with E-state index in [1.165, 1.54) is 18.2 Å². The highest BCUT2D eigenvalue weighted by molar-refractivity contribution is 6.04. The maximum atomic E-state index is 13.1. The van der Waals surface area contributed by atoms with Crippen molar-refractivity contribution in [3.63, 3.8) is 0 Å². The van der Waals surface area contributed by atoms with Crippen molar-refractivity contribution in [1.29, 1.82) is 0 Å². The highest BCUT2D eigenvalue weighted by atomic mass is 19.1. The Morgan fingerprint density at radius 1 is 1.05 bits per heavy atom. The van der Waals surface area contributed by atoms with E-state index in [9.17, 15) is 9.18 Å². The molecule has 0 bridgehead atoms. The predicted molar refractivity (Wildman–Crippen MR) is 78.6 cm³/mol. The Bertz CT molecular complexity index is 833. The Labute approximate surface area is 120 Å². The molecule has 4 nitrogen and oxygen atoms in total. The van der Waals surface area contributed by atoms with E-state index in [0.29, 0.717) is 16.9 Å². The number of carbonyl (C=O) groups is 1. The molecule has 21 heavy (non-hydrogen) atoms. The van der Waals surface area contributed by atoms with Crippen molar-refractivity contribution < 1.29 is 9.18 Å². The van der Waals surface area contributed by atoms with E-state index in [-0.39, 0.29) is 5.69 Å². The highest BCUT2D eigenvalue weighted by Gasteiger charge is 2.13. The minimum absolute atomic E-state index is 0.234. The molecular formula is C16H12FN3O. The van der Waals surface area contributed by atoms with Gasteiger partial charge < -0.3 is 5.32 Å². The third kappa shape index (κ3) is 2.72. The van der Waals surface area contributed by atoms with Gasteiger partial charge >= 0.3 is 0 Å². The van der Waals surface area contributed by atoms with E-state index in [1.54, 1.807) is 19.1 Å². The Kier molecular flexibility index (Phi) is 3.31. The molecule has 0 aliphatic carbocycles. The van der Waals surface area contributed by atoms with Crippen molar-refractivity contribution in [1.82, 2.24) is 9.97 Å². The zero-order chi connectivity index (χ0) is 14.8. The van der Waals surface area contributed by atoms with Gasteiger partial charge in [-0.3, -0.25) is 4.79 Å². The van der Waals surface area contributed by atoms with Gasteiger partial charge in [0.15, 0.2) is 0 Å². The van der Waals surface area contributed by atoms with Crippen molar-refractivity contribution in [3.05, 3.63) is 65.7 Å². The van der Waals surface area contributed by atoms with Gasteiger partial charge in [0.25, 0.3) is 5.91 Å². The van der Waals surface area contributed by atoms with Gasteiger partial charge in [0.1, 0.15) is 11.5 Å². The van der Waals surface area contributed by atoms with Crippen molar-refractivity contribution in [3.8, 4) is 0 Å². The SMILES string of the molecule is Cc1nc2ccccc2nc1C(=O)Nc1cccc(F)c1. The number of hydrogen-bond donors (Lipinski definition) is 1. The summed E-state index contributed by atoms with van der Waals surface area (Å²) >= 11 is 0. The maximum absolute atomic E-state index is 13.1. The highest BCUT2D eigenvalue weighted by Crippen LogP contribution is 2.15. The lowest BCUT2D eigenvalue weighted by molar-refractivity contribution is 0.102. The predicted octanol–water partition coefficient (Wildman–Crippen LogP) is 3.33.